The molecule has 4 aromatic rings. The molecule has 0 bridgehead atoms. The first-order valence-corrected chi connectivity index (χ1v) is 10.6. The number of hydrogen-bond donors (Lipinski definition) is 1. The van der Waals surface area contributed by atoms with Gasteiger partial charge in [0.2, 0.25) is 11.8 Å². The van der Waals surface area contributed by atoms with Crippen molar-refractivity contribution in [2.45, 2.75) is 24.7 Å². The van der Waals surface area contributed by atoms with E-state index in [1.54, 1.807) is 16.1 Å². The zero-order valence-corrected chi connectivity index (χ0v) is 17.6. The molecule has 10 nitrogen and oxygen atoms in total. The maximum absolute atomic E-state index is 14.9. The number of fused-ring (bicyclic) bond motifs is 2. The van der Waals surface area contributed by atoms with Gasteiger partial charge in [-0.1, -0.05) is 0 Å². The van der Waals surface area contributed by atoms with Crippen LogP contribution in [0.25, 0.3) is 22.3 Å². The van der Waals surface area contributed by atoms with Crippen LogP contribution in [-0.2, 0) is 4.74 Å². The number of aromatic nitrogens is 6. The molecular formula is C21H23FN8O2. The van der Waals surface area contributed by atoms with Gasteiger partial charge in [-0.25, -0.2) is 18.4 Å². The Balaban J connectivity index is 1.28. The molecule has 11 heteroatoms. The van der Waals surface area contributed by atoms with Crippen molar-refractivity contribution in [1.82, 2.24) is 34.1 Å². The van der Waals surface area contributed by atoms with E-state index in [1.807, 2.05) is 30.6 Å². The molecule has 2 aliphatic rings. The van der Waals surface area contributed by atoms with Gasteiger partial charge in [0.05, 0.1) is 32.4 Å². The molecule has 0 spiro atoms. The van der Waals surface area contributed by atoms with Crippen molar-refractivity contribution >= 4 is 17.1 Å². The molecule has 32 heavy (non-hydrogen) atoms. The zero-order chi connectivity index (χ0) is 21.7. The van der Waals surface area contributed by atoms with Gasteiger partial charge in [0.25, 0.3) is 0 Å². The number of pyridine rings is 1. The van der Waals surface area contributed by atoms with Crippen molar-refractivity contribution in [3.05, 3.63) is 36.9 Å². The van der Waals surface area contributed by atoms with Crippen LogP contribution < -0.4 is 10.1 Å². The van der Waals surface area contributed by atoms with Gasteiger partial charge in [-0.3, -0.25) is 4.90 Å². The van der Waals surface area contributed by atoms with Crippen molar-refractivity contribution in [1.29, 1.82) is 0 Å². The van der Waals surface area contributed by atoms with Gasteiger partial charge in [0, 0.05) is 31.0 Å². The van der Waals surface area contributed by atoms with E-state index in [9.17, 15) is 4.39 Å². The number of nitrogens with zero attached hydrogens (tertiary/aromatic N) is 7. The van der Waals surface area contributed by atoms with E-state index in [0.29, 0.717) is 44.0 Å². The van der Waals surface area contributed by atoms with Crippen LogP contribution in [0.1, 0.15) is 6.42 Å². The summed E-state index contributed by atoms with van der Waals surface area (Å²) in [6.45, 7) is 2.61. The summed E-state index contributed by atoms with van der Waals surface area (Å²) in [5, 5.41) is 11.9. The lowest BCUT2D eigenvalue weighted by Crippen LogP contribution is -2.57. The molecule has 2 saturated heterocycles. The van der Waals surface area contributed by atoms with E-state index in [-0.39, 0.29) is 6.04 Å². The van der Waals surface area contributed by atoms with E-state index in [1.165, 1.54) is 6.33 Å². The van der Waals surface area contributed by atoms with E-state index in [4.69, 9.17) is 9.47 Å². The van der Waals surface area contributed by atoms with Crippen molar-refractivity contribution in [2.75, 3.05) is 38.7 Å². The van der Waals surface area contributed by atoms with Crippen LogP contribution in [0.4, 0.5) is 10.3 Å². The molecular weight excluding hydrogens is 415 g/mol. The molecule has 166 valence electrons. The van der Waals surface area contributed by atoms with Gasteiger partial charge in [-0.05, 0) is 30.2 Å². The predicted molar refractivity (Wildman–Crippen MR) is 115 cm³/mol. The second-order valence-electron chi connectivity index (χ2n) is 8.19. The van der Waals surface area contributed by atoms with Crippen LogP contribution in [0, 0.1) is 0 Å². The molecule has 6 heterocycles. The first-order valence-electron chi connectivity index (χ1n) is 10.6. The molecule has 2 fully saturated rings. The fourth-order valence-electron chi connectivity index (χ4n) is 4.43. The standard InChI is InChI=1S/C21H23FN8O2/c1-31-20-19-15(13-2-6-29-18(8-13)23-12-24-29)3-7-30(19)27-21(26-20)25-17-4-5-28(9-16(17)22)14-10-32-11-14/h2-3,6-8,12,14,16-17H,4-5,9-11H2,1H3,(H,25,27)/t16-,17-/m0/s1. The first kappa shape index (κ1) is 19.4. The topological polar surface area (TPSA) is 94.1 Å². The molecule has 0 amide bonds. The van der Waals surface area contributed by atoms with E-state index < -0.39 is 6.17 Å². The van der Waals surface area contributed by atoms with Crippen LogP contribution in [0.3, 0.4) is 0 Å². The number of ether oxygens (including phenoxy) is 2. The summed E-state index contributed by atoms with van der Waals surface area (Å²) in [4.78, 5) is 11.0. The van der Waals surface area contributed by atoms with Crippen molar-refractivity contribution in [2.24, 2.45) is 0 Å². The number of methoxy groups -OCH3 is 1. The lowest BCUT2D eigenvalue weighted by atomic mass is 10.0. The molecule has 2 atom stereocenters. The monoisotopic (exact) mass is 438 g/mol. The molecule has 0 radical (unpaired) electrons. The summed E-state index contributed by atoms with van der Waals surface area (Å²) in [6.07, 6.45) is 4.89. The molecule has 6 rings (SSSR count). The Labute approximate surface area is 183 Å². The van der Waals surface area contributed by atoms with Crippen LogP contribution >= 0.6 is 0 Å². The summed E-state index contributed by atoms with van der Waals surface area (Å²) in [6, 6.07) is 5.85. The Morgan fingerprint density at radius 2 is 2.09 bits per heavy atom. The molecule has 0 unspecified atom stereocenters. The lowest BCUT2D eigenvalue weighted by molar-refractivity contribution is -0.0794. The zero-order valence-electron chi connectivity index (χ0n) is 17.6. The lowest BCUT2D eigenvalue weighted by Gasteiger charge is -2.42. The quantitative estimate of drug-likeness (QED) is 0.503. The summed E-state index contributed by atoms with van der Waals surface area (Å²) in [5.74, 6) is 0.765. The molecule has 0 saturated carbocycles. The molecule has 1 N–H and O–H groups in total. The average Bonchev–Trinajstić information content (AvgIpc) is 3.40. The van der Waals surface area contributed by atoms with Crippen molar-refractivity contribution in [3.8, 4) is 17.0 Å². The maximum atomic E-state index is 14.9. The van der Waals surface area contributed by atoms with Gasteiger partial charge in [-0.15, -0.1) is 5.10 Å². The summed E-state index contributed by atoms with van der Waals surface area (Å²) < 4.78 is 29.1. The number of anilines is 1. The average molecular weight is 438 g/mol. The Bertz CT molecular complexity index is 1270. The Kier molecular flexibility index (Phi) is 4.65. The third-order valence-electron chi connectivity index (χ3n) is 6.29. The highest BCUT2D eigenvalue weighted by atomic mass is 19.1. The minimum atomic E-state index is -1.01. The van der Waals surface area contributed by atoms with Crippen LogP contribution in [-0.4, -0.2) is 85.8 Å². The summed E-state index contributed by atoms with van der Waals surface area (Å²) in [7, 11) is 1.57. The number of halogens is 1. The normalized spacial score (nSPS) is 22.3. The second-order valence-corrected chi connectivity index (χ2v) is 8.19. The molecule has 0 aromatic carbocycles. The predicted octanol–water partition coefficient (Wildman–Crippen LogP) is 1.67. The first-order chi connectivity index (χ1) is 15.7. The van der Waals surface area contributed by atoms with Gasteiger partial charge in [-0.2, -0.15) is 10.1 Å². The Morgan fingerprint density at radius 3 is 2.88 bits per heavy atom. The second kappa shape index (κ2) is 7.68. The van der Waals surface area contributed by atoms with Gasteiger partial charge in [0.15, 0.2) is 5.65 Å². The molecule has 0 aliphatic carbocycles. The third kappa shape index (κ3) is 3.24. The van der Waals surface area contributed by atoms with Crippen LogP contribution in [0.2, 0.25) is 0 Å². The fraction of sp³-hybridized carbons (Fsp3) is 0.429. The van der Waals surface area contributed by atoms with E-state index in [0.717, 1.165) is 28.8 Å². The molecule has 2 aliphatic heterocycles. The maximum Gasteiger partial charge on any atom is 0.244 e. The SMILES string of the molecule is COc1nc(N[C@H]2CCN(C3COC3)C[C@@H]2F)nn2ccc(-c3ccn4ncnc4c3)c12. The number of hydrogen-bond acceptors (Lipinski definition) is 8. The number of likely N-dealkylation sites (tertiary alicyclic amines) is 1. The largest absolute Gasteiger partial charge is 0.479 e. The van der Waals surface area contributed by atoms with E-state index in [2.05, 4.69) is 30.4 Å². The minimum absolute atomic E-state index is 0.345. The van der Waals surface area contributed by atoms with Crippen molar-refractivity contribution < 1.29 is 13.9 Å². The van der Waals surface area contributed by atoms with Crippen LogP contribution in [0.15, 0.2) is 36.9 Å². The Morgan fingerprint density at radius 1 is 1.22 bits per heavy atom. The summed E-state index contributed by atoms with van der Waals surface area (Å²) in [5.41, 5.74) is 3.34. The van der Waals surface area contributed by atoms with Gasteiger partial charge < -0.3 is 14.8 Å². The third-order valence-corrected chi connectivity index (χ3v) is 6.29. The van der Waals surface area contributed by atoms with Gasteiger partial charge >= 0.3 is 0 Å². The highest BCUT2D eigenvalue weighted by molar-refractivity contribution is 5.85. The number of piperidine rings is 1. The number of nitrogens with one attached hydrogen (secondary N) is 1. The molecule has 4 aromatic heterocycles. The smallest absolute Gasteiger partial charge is 0.244 e. The van der Waals surface area contributed by atoms with Crippen molar-refractivity contribution in [3.63, 3.8) is 0 Å². The fourth-order valence-corrected chi connectivity index (χ4v) is 4.43. The Hall–Kier alpha value is -3.31. The van der Waals surface area contributed by atoms with E-state index >= 15 is 0 Å². The minimum Gasteiger partial charge on any atom is -0.479 e. The highest BCUT2D eigenvalue weighted by Crippen LogP contribution is 2.32. The highest BCUT2D eigenvalue weighted by Gasteiger charge is 2.35. The van der Waals surface area contributed by atoms with Crippen LogP contribution in [0.5, 0.6) is 5.88 Å². The number of alkyl halides is 1. The summed E-state index contributed by atoms with van der Waals surface area (Å²) >= 11 is 0. The number of rotatable bonds is 5. The van der Waals surface area contributed by atoms with Gasteiger partial charge in [0.1, 0.15) is 18.0 Å².